The number of nitrogens with two attached hydrogens (primary N) is 1. The van der Waals surface area contributed by atoms with Gasteiger partial charge in [-0.05, 0) is 6.07 Å². The molecule has 98 valence electrons. The number of fused-ring (bicyclic) bond motifs is 1. The zero-order chi connectivity index (χ0) is 13.4. The quantitative estimate of drug-likeness (QED) is 0.915. The molecule has 0 spiro atoms. The number of aromatic nitrogens is 2. The first kappa shape index (κ1) is 12.3. The lowest BCUT2D eigenvalue weighted by molar-refractivity contribution is 0.151. The Kier molecular flexibility index (Phi) is 3.10. The maximum atomic E-state index is 12.7. The monoisotopic (exact) mass is 279 g/mol. The van der Waals surface area contributed by atoms with Gasteiger partial charge in [0.2, 0.25) is 0 Å². The van der Waals surface area contributed by atoms with Crippen molar-refractivity contribution in [1.29, 1.82) is 0 Å². The van der Waals surface area contributed by atoms with E-state index < -0.39 is 6.43 Å². The van der Waals surface area contributed by atoms with Gasteiger partial charge >= 0.3 is 0 Å². The summed E-state index contributed by atoms with van der Waals surface area (Å²) in [5.41, 5.74) is 8.32. The number of alkyl halides is 2. The first-order chi connectivity index (χ1) is 9.15. The molecule has 0 aliphatic carbocycles. The lowest BCUT2D eigenvalue weighted by atomic mass is 10.1. The van der Waals surface area contributed by atoms with Crippen LogP contribution in [0.15, 0.2) is 24.3 Å². The summed E-state index contributed by atoms with van der Waals surface area (Å²) in [5, 5.41) is 0. The minimum absolute atomic E-state index is 0.0328. The van der Waals surface area contributed by atoms with E-state index in [9.17, 15) is 8.78 Å². The third-order valence-electron chi connectivity index (χ3n) is 3.01. The number of nitrogen functional groups attached to an aromatic ring is 1. The molecule has 0 fully saturated rings. The average Bonchev–Trinajstić information content (AvgIpc) is 2.87. The van der Waals surface area contributed by atoms with E-state index in [-0.39, 0.29) is 5.56 Å². The van der Waals surface area contributed by atoms with E-state index in [4.69, 9.17) is 5.73 Å². The van der Waals surface area contributed by atoms with E-state index in [1.165, 1.54) is 12.1 Å². The number of rotatable bonds is 2. The molecule has 0 saturated heterocycles. The zero-order valence-electron chi connectivity index (χ0n) is 9.94. The standard InChI is InChI=1S/C13H11F2N3S/c14-11(15)7-2-1-3-8(4-7)13-17-10-6-19-5-9(10)12(16)18-13/h1-4,11H,5-6H2,(H2,16,17,18). The molecule has 2 N–H and O–H groups in total. The van der Waals surface area contributed by atoms with Crippen LogP contribution < -0.4 is 5.73 Å². The Hall–Kier alpha value is -1.69. The predicted octanol–water partition coefficient (Wildman–Crippen LogP) is 3.41. The number of nitrogens with zero attached hydrogens (tertiary/aromatic N) is 2. The molecule has 0 amide bonds. The van der Waals surface area contributed by atoms with Gasteiger partial charge in [-0.15, -0.1) is 0 Å². The second kappa shape index (κ2) is 4.77. The SMILES string of the molecule is Nc1nc(-c2cccc(C(F)F)c2)nc2c1CSC2. The summed E-state index contributed by atoms with van der Waals surface area (Å²) >= 11 is 1.73. The van der Waals surface area contributed by atoms with Crippen molar-refractivity contribution in [3.05, 3.63) is 41.1 Å². The third kappa shape index (κ3) is 2.28. The molecule has 1 aromatic heterocycles. The molecule has 1 aliphatic heterocycles. The van der Waals surface area contributed by atoms with Crippen molar-refractivity contribution in [3.8, 4) is 11.4 Å². The van der Waals surface area contributed by atoms with Gasteiger partial charge in [0.1, 0.15) is 5.82 Å². The summed E-state index contributed by atoms with van der Waals surface area (Å²) in [6, 6.07) is 6.10. The Morgan fingerprint density at radius 2 is 2.05 bits per heavy atom. The number of halogens is 2. The number of hydrogen-bond acceptors (Lipinski definition) is 4. The van der Waals surface area contributed by atoms with Crippen LogP contribution in [0.4, 0.5) is 14.6 Å². The summed E-state index contributed by atoms with van der Waals surface area (Å²) in [6.07, 6.45) is -2.50. The molecule has 0 radical (unpaired) electrons. The van der Waals surface area contributed by atoms with Crippen molar-refractivity contribution < 1.29 is 8.78 Å². The minimum atomic E-state index is -2.50. The molecule has 3 rings (SSSR count). The molecule has 19 heavy (non-hydrogen) atoms. The summed E-state index contributed by atoms with van der Waals surface area (Å²) in [7, 11) is 0. The van der Waals surface area contributed by atoms with Gasteiger partial charge in [-0.1, -0.05) is 18.2 Å². The van der Waals surface area contributed by atoms with Gasteiger partial charge in [0.15, 0.2) is 5.82 Å². The van der Waals surface area contributed by atoms with Crippen molar-refractivity contribution in [2.24, 2.45) is 0 Å². The molecule has 0 saturated carbocycles. The first-order valence-corrected chi connectivity index (χ1v) is 6.92. The van der Waals surface area contributed by atoms with E-state index in [2.05, 4.69) is 9.97 Å². The highest BCUT2D eigenvalue weighted by atomic mass is 32.2. The molecule has 3 nitrogen and oxygen atoms in total. The lowest BCUT2D eigenvalue weighted by Gasteiger charge is -2.07. The molecule has 1 aromatic carbocycles. The van der Waals surface area contributed by atoms with Crippen molar-refractivity contribution >= 4 is 17.6 Å². The Morgan fingerprint density at radius 1 is 1.21 bits per heavy atom. The van der Waals surface area contributed by atoms with Crippen molar-refractivity contribution in [2.45, 2.75) is 17.9 Å². The van der Waals surface area contributed by atoms with Crippen molar-refractivity contribution in [2.75, 3.05) is 5.73 Å². The summed E-state index contributed by atoms with van der Waals surface area (Å²) in [4.78, 5) is 8.65. The smallest absolute Gasteiger partial charge is 0.263 e. The Balaban J connectivity index is 2.07. The predicted molar refractivity (Wildman–Crippen MR) is 71.8 cm³/mol. The van der Waals surface area contributed by atoms with E-state index in [0.29, 0.717) is 17.2 Å². The van der Waals surface area contributed by atoms with E-state index >= 15 is 0 Å². The lowest BCUT2D eigenvalue weighted by Crippen LogP contribution is -2.03. The van der Waals surface area contributed by atoms with E-state index in [1.807, 2.05) is 0 Å². The highest BCUT2D eigenvalue weighted by Gasteiger charge is 2.19. The van der Waals surface area contributed by atoms with Crippen LogP contribution in [0, 0.1) is 0 Å². The fraction of sp³-hybridized carbons (Fsp3) is 0.231. The summed E-state index contributed by atoms with van der Waals surface area (Å²) in [6.45, 7) is 0. The van der Waals surface area contributed by atoms with Crippen LogP contribution in [0.3, 0.4) is 0 Å². The number of benzene rings is 1. The van der Waals surface area contributed by atoms with Crippen LogP contribution in [-0.4, -0.2) is 9.97 Å². The molecule has 2 aromatic rings. The molecule has 0 atom stereocenters. The third-order valence-corrected chi connectivity index (χ3v) is 3.98. The van der Waals surface area contributed by atoms with Crippen molar-refractivity contribution in [3.63, 3.8) is 0 Å². The van der Waals surface area contributed by atoms with Crippen LogP contribution in [0.25, 0.3) is 11.4 Å². The Morgan fingerprint density at radius 3 is 2.84 bits per heavy atom. The van der Waals surface area contributed by atoms with E-state index in [1.54, 1.807) is 23.9 Å². The fourth-order valence-electron chi connectivity index (χ4n) is 2.02. The molecule has 2 heterocycles. The van der Waals surface area contributed by atoms with Gasteiger partial charge < -0.3 is 5.73 Å². The topological polar surface area (TPSA) is 51.8 Å². The molecule has 0 unspecified atom stereocenters. The van der Waals surface area contributed by atoms with Crippen LogP contribution in [-0.2, 0) is 11.5 Å². The first-order valence-electron chi connectivity index (χ1n) is 5.76. The van der Waals surface area contributed by atoms with E-state index in [0.717, 1.165) is 22.8 Å². The Bertz CT molecular complexity index is 631. The summed E-state index contributed by atoms with van der Waals surface area (Å²) in [5.74, 6) is 2.48. The highest BCUT2D eigenvalue weighted by Crippen LogP contribution is 2.33. The molecular weight excluding hydrogens is 268 g/mol. The molecule has 1 aliphatic rings. The number of thioether (sulfide) groups is 1. The summed E-state index contributed by atoms with van der Waals surface area (Å²) < 4.78 is 25.4. The second-order valence-electron chi connectivity index (χ2n) is 4.28. The fourth-order valence-corrected chi connectivity index (χ4v) is 3.07. The minimum Gasteiger partial charge on any atom is -0.383 e. The molecule has 6 heteroatoms. The van der Waals surface area contributed by atoms with Gasteiger partial charge in [-0.3, -0.25) is 0 Å². The van der Waals surface area contributed by atoms with Crippen molar-refractivity contribution in [1.82, 2.24) is 9.97 Å². The van der Waals surface area contributed by atoms with Gasteiger partial charge in [0.05, 0.1) is 5.69 Å². The number of anilines is 1. The molecular formula is C13H11F2N3S. The number of hydrogen-bond donors (Lipinski definition) is 1. The van der Waals surface area contributed by atoms with Crippen LogP contribution in [0.2, 0.25) is 0 Å². The Labute approximate surface area is 113 Å². The van der Waals surface area contributed by atoms with Gasteiger partial charge in [-0.2, -0.15) is 11.8 Å². The largest absolute Gasteiger partial charge is 0.383 e. The molecule has 0 bridgehead atoms. The van der Waals surface area contributed by atoms with Gasteiger partial charge in [-0.25, -0.2) is 18.7 Å². The maximum absolute atomic E-state index is 12.7. The second-order valence-corrected chi connectivity index (χ2v) is 5.26. The highest BCUT2D eigenvalue weighted by molar-refractivity contribution is 7.98. The zero-order valence-corrected chi connectivity index (χ0v) is 10.8. The van der Waals surface area contributed by atoms with Crippen LogP contribution in [0.5, 0.6) is 0 Å². The van der Waals surface area contributed by atoms with Crippen LogP contribution >= 0.6 is 11.8 Å². The van der Waals surface area contributed by atoms with Gasteiger partial charge in [0.25, 0.3) is 6.43 Å². The van der Waals surface area contributed by atoms with Gasteiger partial charge in [0, 0.05) is 28.2 Å². The maximum Gasteiger partial charge on any atom is 0.263 e. The van der Waals surface area contributed by atoms with Crippen LogP contribution in [0.1, 0.15) is 23.2 Å². The normalized spacial score (nSPS) is 13.8. The average molecular weight is 279 g/mol.